The summed E-state index contributed by atoms with van der Waals surface area (Å²) in [5, 5.41) is 0. The van der Waals surface area contributed by atoms with Gasteiger partial charge in [-0.15, -0.1) is 0 Å². The molecule has 94 valence electrons. The summed E-state index contributed by atoms with van der Waals surface area (Å²) in [5.74, 6) is 0.213. The van der Waals surface area contributed by atoms with E-state index in [1.807, 2.05) is 43.6 Å². The van der Waals surface area contributed by atoms with Crippen LogP contribution in [-0.2, 0) is 6.54 Å². The van der Waals surface area contributed by atoms with E-state index in [4.69, 9.17) is 0 Å². The van der Waals surface area contributed by atoms with Crippen LogP contribution < -0.4 is 0 Å². The third-order valence-electron chi connectivity index (χ3n) is 3.24. The highest BCUT2D eigenvalue weighted by atomic mass is 16.1. The molecule has 0 aliphatic carbocycles. The highest BCUT2D eigenvalue weighted by Gasteiger charge is 2.06. The van der Waals surface area contributed by atoms with Crippen LogP contribution in [0.5, 0.6) is 0 Å². The molecule has 0 fully saturated rings. The molecule has 0 N–H and O–H groups in total. The van der Waals surface area contributed by atoms with Crippen molar-refractivity contribution in [3.05, 3.63) is 53.6 Å². The highest BCUT2D eigenvalue weighted by Crippen LogP contribution is 2.09. The topological polar surface area (TPSA) is 34.9 Å². The van der Waals surface area contributed by atoms with Crippen molar-refractivity contribution < 1.29 is 4.79 Å². The first-order valence-corrected chi connectivity index (χ1v) is 6.25. The van der Waals surface area contributed by atoms with Gasteiger partial charge < -0.3 is 4.57 Å². The highest BCUT2D eigenvalue weighted by molar-refractivity contribution is 5.95. The summed E-state index contributed by atoms with van der Waals surface area (Å²) in [4.78, 5) is 16.2. The van der Waals surface area contributed by atoms with Gasteiger partial charge in [-0.05, 0) is 20.3 Å². The summed E-state index contributed by atoms with van der Waals surface area (Å²) >= 11 is 0. The molecule has 18 heavy (non-hydrogen) atoms. The molecule has 1 aromatic carbocycles. The van der Waals surface area contributed by atoms with Crippen LogP contribution >= 0.6 is 0 Å². The second-order valence-electron chi connectivity index (χ2n) is 4.50. The fraction of sp³-hybridized carbons (Fsp3) is 0.333. The average Bonchev–Trinajstić information content (AvgIpc) is 2.71. The van der Waals surface area contributed by atoms with Gasteiger partial charge >= 0.3 is 0 Å². The number of hydrogen-bond acceptors (Lipinski definition) is 2. The molecular weight excluding hydrogens is 224 g/mol. The smallest absolute Gasteiger partial charge is 0.162 e. The Hall–Kier alpha value is -1.90. The van der Waals surface area contributed by atoms with E-state index >= 15 is 0 Å². The first-order valence-electron chi connectivity index (χ1n) is 6.25. The second kappa shape index (κ2) is 5.63. The minimum absolute atomic E-state index is 0.213. The largest absolute Gasteiger partial charge is 0.335 e. The number of carbonyl (C=O) groups is 1. The van der Waals surface area contributed by atoms with E-state index in [-0.39, 0.29) is 5.78 Å². The summed E-state index contributed by atoms with van der Waals surface area (Å²) in [6.45, 7) is 4.91. The molecule has 0 radical (unpaired) electrons. The fourth-order valence-corrected chi connectivity index (χ4v) is 1.95. The van der Waals surface area contributed by atoms with Gasteiger partial charge in [0, 0.05) is 24.2 Å². The lowest BCUT2D eigenvalue weighted by Crippen LogP contribution is -2.04. The number of nitrogens with zero attached hydrogens (tertiary/aromatic N) is 2. The van der Waals surface area contributed by atoms with Crippen LogP contribution in [0.3, 0.4) is 0 Å². The SMILES string of the molecule is Cc1ncn(CCCC(=O)c2ccccc2)c1C. The predicted molar refractivity (Wildman–Crippen MR) is 71.7 cm³/mol. The lowest BCUT2D eigenvalue weighted by atomic mass is 10.1. The number of ketones is 1. The Bertz CT molecular complexity index is 529. The number of Topliss-reactive ketones (excluding diaryl/α,β-unsaturated/α-hetero) is 1. The van der Waals surface area contributed by atoms with Gasteiger partial charge in [0.2, 0.25) is 0 Å². The molecule has 0 aliphatic heterocycles. The molecule has 0 saturated carbocycles. The van der Waals surface area contributed by atoms with Gasteiger partial charge in [0.15, 0.2) is 5.78 Å². The fourth-order valence-electron chi connectivity index (χ4n) is 1.95. The van der Waals surface area contributed by atoms with Crippen molar-refractivity contribution in [3.8, 4) is 0 Å². The molecule has 2 rings (SSSR count). The van der Waals surface area contributed by atoms with Gasteiger partial charge in [-0.25, -0.2) is 4.98 Å². The molecule has 1 aromatic heterocycles. The zero-order valence-corrected chi connectivity index (χ0v) is 10.9. The summed E-state index contributed by atoms with van der Waals surface area (Å²) in [6, 6.07) is 9.46. The van der Waals surface area contributed by atoms with Crippen molar-refractivity contribution in [1.82, 2.24) is 9.55 Å². The van der Waals surface area contributed by atoms with Gasteiger partial charge in [0.25, 0.3) is 0 Å². The number of benzene rings is 1. The molecule has 3 heteroatoms. The molecule has 0 bridgehead atoms. The Balaban J connectivity index is 1.86. The van der Waals surface area contributed by atoms with Crippen LogP contribution in [0.4, 0.5) is 0 Å². The lowest BCUT2D eigenvalue weighted by molar-refractivity contribution is 0.0978. The molecule has 1 heterocycles. The maximum Gasteiger partial charge on any atom is 0.162 e. The Morgan fingerprint density at radius 1 is 1.22 bits per heavy atom. The first-order chi connectivity index (χ1) is 8.68. The van der Waals surface area contributed by atoms with Crippen molar-refractivity contribution in [2.24, 2.45) is 0 Å². The molecule has 3 nitrogen and oxygen atoms in total. The van der Waals surface area contributed by atoms with Crippen molar-refractivity contribution in [1.29, 1.82) is 0 Å². The van der Waals surface area contributed by atoms with Crippen LogP contribution in [-0.4, -0.2) is 15.3 Å². The third-order valence-corrected chi connectivity index (χ3v) is 3.24. The summed E-state index contributed by atoms with van der Waals surface area (Å²) in [6.07, 6.45) is 3.28. The first kappa shape index (κ1) is 12.6. The molecule has 0 spiro atoms. The molecule has 0 saturated heterocycles. The Morgan fingerprint density at radius 3 is 2.56 bits per heavy atom. The number of aryl methyl sites for hydroxylation is 2. The minimum atomic E-state index is 0.213. The van der Waals surface area contributed by atoms with Crippen molar-refractivity contribution in [2.75, 3.05) is 0 Å². The molecule has 0 amide bonds. The summed E-state index contributed by atoms with van der Waals surface area (Å²) in [7, 11) is 0. The maximum atomic E-state index is 11.9. The Kier molecular flexibility index (Phi) is 3.92. The van der Waals surface area contributed by atoms with Crippen LogP contribution in [0.2, 0.25) is 0 Å². The molecular formula is C15H18N2O. The van der Waals surface area contributed by atoms with Gasteiger partial charge in [0.1, 0.15) is 0 Å². The van der Waals surface area contributed by atoms with Crippen molar-refractivity contribution >= 4 is 5.78 Å². The standard InChI is InChI=1S/C15H18N2O/c1-12-13(2)17(11-16-12)10-6-9-15(18)14-7-4-3-5-8-14/h3-5,7-8,11H,6,9-10H2,1-2H3. The molecule has 0 atom stereocenters. The molecule has 2 aromatic rings. The Morgan fingerprint density at radius 2 is 1.94 bits per heavy atom. The van der Waals surface area contributed by atoms with E-state index in [1.54, 1.807) is 0 Å². The van der Waals surface area contributed by atoms with Crippen LogP contribution in [0.1, 0.15) is 34.6 Å². The quantitative estimate of drug-likeness (QED) is 0.755. The average molecular weight is 242 g/mol. The molecule has 0 aliphatic rings. The molecule has 0 unspecified atom stereocenters. The monoisotopic (exact) mass is 242 g/mol. The number of rotatable bonds is 5. The Labute approximate surface area is 107 Å². The van der Waals surface area contributed by atoms with Gasteiger partial charge in [-0.1, -0.05) is 30.3 Å². The zero-order chi connectivity index (χ0) is 13.0. The number of hydrogen-bond donors (Lipinski definition) is 0. The minimum Gasteiger partial charge on any atom is -0.335 e. The van der Waals surface area contributed by atoms with E-state index in [9.17, 15) is 4.79 Å². The van der Waals surface area contributed by atoms with Gasteiger partial charge in [-0.3, -0.25) is 4.79 Å². The van der Waals surface area contributed by atoms with E-state index in [1.165, 1.54) is 5.69 Å². The van der Waals surface area contributed by atoms with E-state index in [0.29, 0.717) is 6.42 Å². The lowest BCUT2D eigenvalue weighted by Gasteiger charge is -2.05. The van der Waals surface area contributed by atoms with Crippen molar-refractivity contribution in [3.63, 3.8) is 0 Å². The second-order valence-corrected chi connectivity index (χ2v) is 4.50. The summed E-state index contributed by atoms with van der Waals surface area (Å²) < 4.78 is 2.10. The zero-order valence-electron chi connectivity index (χ0n) is 10.9. The van der Waals surface area contributed by atoms with E-state index < -0.39 is 0 Å². The predicted octanol–water partition coefficient (Wildman–Crippen LogP) is 3.16. The van der Waals surface area contributed by atoms with E-state index in [2.05, 4.69) is 16.5 Å². The van der Waals surface area contributed by atoms with Gasteiger partial charge in [-0.2, -0.15) is 0 Å². The maximum absolute atomic E-state index is 11.9. The number of aromatic nitrogens is 2. The van der Waals surface area contributed by atoms with Gasteiger partial charge in [0.05, 0.1) is 12.0 Å². The summed E-state index contributed by atoms with van der Waals surface area (Å²) in [5.41, 5.74) is 3.04. The van der Waals surface area contributed by atoms with E-state index in [0.717, 1.165) is 24.2 Å². The van der Waals surface area contributed by atoms with Crippen LogP contribution in [0.25, 0.3) is 0 Å². The third kappa shape index (κ3) is 2.86. The normalized spacial score (nSPS) is 10.6. The van der Waals surface area contributed by atoms with Crippen LogP contribution in [0.15, 0.2) is 36.7 Å². The number of carbonyl (C=O) groups excluding carboxylic acids is 1. The number of imidazole rings is 1. The van der Waals surface area contributed by atoms with Crippen molar-refractivity contribution in [2.45, 2.75) is 33.2 Å². The van der Waals surface area contributed by atoms with Crippen LogP contribution in [0, 0.1) is 13.8 Å².